The smallest absolute Gasteiger partial charge is 0.123 e. The van der Waals surface area contributed by atoms with Gasteiger partial charge in [-0.2, -0.15) is 0 Å². The zero-order chi connectivity index (χ0) is 12.1. The summed E-state index contributed by atoms with van der Waals surface area (Å²) >= 11 is 0. The summed E-state index contributed by atoms with van der Waals surface area (Å²) in [7, 11) is 1.68. The minimum Gasteiger partial charge on any atom is -0.468 e. The number of ether oxygens (including phenoxy) is 2. The monoisotopic (exact) mass is 239 g/mol. The van der Waals surface area contributed by atoms with E-state index in [1.807, 2.05) is 13.0 Å². The van der Waals surface area contributed by atoms with Crippen molar-refractivity contribution in [1.82, 2.24) is 5.32 Å². The zero-order valence-electron chi connectivity index (χ0n) is 10.6. The average molecular weight is 239 g/mol. The highest BCUT2D eigenvalue weighted by atomic mass is 16.5. The summed E-state index contributed by atoms with van der Waals surface area (Å²) in [4.78, 5) is 0. The van der Waals surface area contributed by atoms with Crippen molar-refractivity contribution in [2.45, 2.75) is 45.1 Å². The maximum atomic E-state index is 5.68. The Morgan fingerprint density at radius 3 is 3.06 bits per heavy atom. The van der Waals surface area contributed by atoms with Crippen LogP contribution in [0.2, 0.25) is 0 Å². The molecule has 4 nitrogen and oxygen atoms in total. The summed E-state index contributed by atoms with van der Waals surface area (Å²) in [6.07, 6.45) is 4.41. The molecule has 0 aromatic carbocycles. The molecule has 96 valence electrons. The van der Waals surface area contributed by atoms with Gasteiger partial charge >= 0.3 is 0 Å². The third kappa shape index (κ3) is 4.15. The molecular formula is C13H21NO3. The highest BCUT2D eigenvalue weighted by Gasteiger charge is 2.21. The molecule has 0 amide bonds. The standard InChI is InChI=1S/C13H21NO3/c1-10(8-15-2)17-9-11-5-6-16-13(11)7-14-12-3-4-12/h5-6,10,12,14H,3-4,7-9H2,1-2H3. The van der Waals surface area contributed by atoms with Crippen LogP contribution < -0.4 is 5.32 Å². The van der Waals surface area contributed by atoms with E-state index in [4.69, 9.17) is 13.9 Å². The van der Waals surface area contributed by atoms with Crippen LogP contribution in [0.5, 0.6) is 0 Å². The molecule has 0 bridgehead atoms. The Hall–Kier alpha value is -0.840. The maximum Gasteiger partial charge on any atom is 0.123 e. The van der Waals surface area contributed by atoms with E-state index in [2.05, 4.69) is 5.32 Å². The van der Waals surface area contributed by atoms with Gasteiger partial charge in [0.15, 0.2) is 0 Å². The second-order valence-electron chi connectivity index (χ2n) is 4.60. The summed E-state index contributed by atoms with van der Waals surface area (Å²) in [6, 6.07) is 2.67. The summed E-state index contributed by atoms with van der Waals surface area (Å²) in [5.41, 5.74) is 1.13. The first-order chi connectivity index (χ1) is 8.29. The van der Waals surface area contributed by atoms with Crippen molar-refractivity contribution < 1.29 is 13.9 Å². The van der Waals surface area contributed by atoms with Crippen LogP contribution in [-0.2, 0) is 22.6 Å². The maximum absolute atomic E-state index is 5.68. The number of furan rings is 1. The van der Waals surface area contributed by atoms with Crippen LogP contribution >= 0.6 is 0 Å². The fourth-order valence-electron chi connectivity index (χ4n) is 1.69. The van der Waals surface area contributed by atoms with Crippen LogP contribution in [0.25, 0.3) is 0 Å². The molecule has 1 aliphatic rings. The molecule has 1 aromatic rings. The minimum absolute atomic E-state index is 0.110. The zero-order valence-corrected chi connectivity index (χ0v) is 10.6. The highest BCUT2D eigenvalue weighted by Crippen LogP contribution is 2.20. The van der Waals surface area contributed by atoms with Crippen LogP contribution in [0.3, 0.4) is 0 Å². The topological polar surface area (TPSA) is 43.6 Å². The van der Waals surface area contributed by atoms with Crippen molar-refractivity contribution in [3.63, 3.8) is 0 Å². The molecule has 1 atom stereocenters. The van der Waals surface area contributed by atoms with Gasteiger partial charge in [-0.15, -0.1) is 0 Å². The van der Waals surface area contributed by atoms with Gasteiger partial charge < -0.3 is 19.2 Å². The Balaban J connectivity index is 1.76. The Labute approximate surface area is 102 Å². The second-order valence-corrected chi connectivity index (χ2v) is 4.60. The van der Waals surface area contributed by atoms with E-state index in [1.165, 1.54) is 12.8 Å². The lowest BCUT2D eigenvalue weighted by Gasteiger charge is -2.11. The number of hydrogen-bond acceptors (Lipinski definition) is 4. The summed E-state index contributed by atoms with van der Waals surface area (Å²) < 4.78 is 16.2. The van der Waals surface area contributed by atoms with Crippen molar-refractivity contribution in [3.8, 4) is 0 Å². The number of methoxy groups -OCH3 is 1. The van der Waals surface area contributed by atoms with Gasteiger partial charge in [-0.3, -0.25) is 0 Å². The molecule has 0 radical (unpaired) electrons. The predicted molar refractivity (Wildman–Crippen MR) is 64.7 cm³/mol. The number of rotatable bonds is 8. The molecule has 1 fully saturated rings. The molecule has 0 spiro atoms. The number of hydrogen-bond donors (Lipinski definition) is 1. The lowest BCUT2D eigenvalue weighted by atomic mass is 10.2. The van der Waals surface area contributed by atoms with Gasteiger partial charge in [-0.1, -0.05) is 0 Å². The normalized spacial score (nSPS) is 17.3. The lowest BCUT2D eigenvalue weighted by molar-refractivity contribution is -0.000640. The quantitative estimate of drug-likeness (QED) is 0.754. The van der Waals surface area contributed by atoms with Crippen molar-refractivity contribution in [1.29, 1.82) is 0 Å². The van der Waals surface area contributed by atoms with Crippen molar-refractivity contribution in [2.24, 2.45) is 0 Å². The predicted octanol–water partition coefficient (Wildman–Crippen LogP) is 2.08. The largest absolute Gasteiger partial charge is 0.468 e. The van der Waals surface area contributed by atoms with Crippen LogP contribution in [-0.4, -0.2) is 25.9 Å². The molecule has 1 N–H and O–H groups in total. The van der Waals surface area contributed by atoms with E-state index in [9.17, 15) is 0 Å². The van der Waals surface area contributed by atoms with Crippen LogP contribution in [0.15, 0.2) is 16.7 Å². The first-order valence-electron chi connectivity index (χ1n) is 6.18. The van der Waals surface area contributed by atoms with Gasteiger partial charge in [0.25, 0.3) is 0 Å². The molecule has 2 rings (SSSR count). The SMILES string of the molecule is COCC(C)OCc1ccoc1CNC1CC1. The second kappa shape index (κ2) is 6.19. The minimum atomic E-state index is 0.110. The van der Waals surface area contributed by atoms with E-state index in [0.717, 1.165) is 17.9 Å². The highest BCUT2D eigenvalue weighted by molar-refractivity contribution is 5.16. The van der Waals surface area contributed by atoms with Gasteiger partial charge in [0.1, 0.15) is 5.76 Å². The van der Waals surface area contributed by atoms with Gasteiger partial charge in [0.2, 0.25) is 0 Å². The number of nitrogens with one attached hydrogen (secondary N) is 1. The average Bonchev–Trinajstić information content (AvgIpc) is 3.03. The van der Waals surface area contributed by atoms with E-state index < -0.39 is 0 Å². The van der Waals surface area contributed by atoms with Crippen LogP contribution in [0, 0.1) is 0 Å². The van der Waals surface area contributed by atoms with E-state index in [0.29, 0.717) is 19.3 Å². The third-order valence-electron chi connectivity index (χ3n) is 2.89. The Kier molecular flexibility index (Phi) is 4.59. The van der Waals surface area contributed by atoms with Crippen molar-refractivity contribution in [3.05, 3.63) is 23.7 Å². The fraction of sp³-hybridized carbons (Fsp3) is 0.692. The van der Waals surface area contributed by atoms with Gasteiger partial charge in [0, 0.05) is 18.7 Å². The summed E-state index contributed by atoms with van der Waals surface area (Å²) in [5, 5.41) is 3.44. The van der Waals surface area contributed by atoms with Crippen LogP contribution in [0.1, 0.15) is 31.1 Å². The fourth-order valence-corrected chi connectivity index (χ4v) is 1.69. The van der Waals surface area contributed by atoms with Crippen molar-refractivity contribution in [2.75, 3.05) is 13.7 Å². The molecule has 1 aliphatic carbocycles. The van der Waals surface area contributed by atoms with E-state index in [1.54, 1.807) is 13.4 Å². The first-order valence-corrected chi connectivity index (χ1v) is 6.18. The Morgan fingerprint density at radius 1 is 1.53 bits per heavy atom. The first kappa shape index (κ1) is 12.6. The molecule has 1 aromatic heterocycles. The molecular weight excluding hydrogens is 218 g/mol. The third-order valence-corrected chi connectivity index (χ3v) is 2.89. The molecule has 1 saturated carbocycles. The van der Waals surface area contributed by atoms with Crippen LogP contribution in [0.4, 0.5) is 0 Å². The van der Waals surface area contributed by atoms with Crippen molar-refractivity contribution >= 4 is 0 Å². The molecule has 1 unspecified atom stereocenters. The van der Waals surface area contributed by atoms with Gasteiger partial charge in [-0.25, -0.2) is 0 Å². The molecule has 4 heteroatoms. The summed E-state index contributed by atoms with van der Waals surface area (Å²) in [6.45, 7) is 4.01. The molecule has 0 saturated heterocycles. The van der Waals surface area contributed by atoms with E-state index >= 15 is 0 Å². The lowest BCUT2D eigenvalue weighted by Crippen LogP contribution is -2.17. The molecule has 0 aliphatic heterocycles. The van der Waals surface area contributed by atoms with E-state index in [-0.39, 0.29) is 6.10 Å². The molecule has 1 heterocycles. The van der Waals surface area contributed by atoms with Gasteiger partial charge in [0.05, 0.1) is 32.1 Å². The Bertz CT molecular complexity index is 333. The summed E-state index contributed by atoms with van der Waals surface area (Å²) in [5.74, 6) is 0.988. The van der Waals surface area contributed by atoms with Gasteiger partial charge in [-0.05, 0) is 25.8 Å². The molecule has 17 heavy (non-hydrogen) atoms. The Morgan fingerprint density at radius 2 is 2.35 bits per heavy atom.